The third-order valence-electron chi connectivity index (χ3n) is 4.85. The zero-order valence-corrected chi connectivity index (χ0v) is 17.6. The van der Waals surface area contributed by atoms with Crippen LogP contribution in [0.4, 0.5) is 20.2 Å². The fourth-order valence-corrected chi connectivity index (χ4v) is 3.92. The summed E-state index contributed by atoms with van der Waals surface area (Å²) in [5, 5.41) is 2.77. The zero-order chi connectivity index (χ0) is 20.3. The molecule has 1 heterocycles. The number of carbonyl (C=O) groups is 1. The van der Waals surface area contributed by atoms with E-state index in [0.29, 0.717) is 6.61 Å². The van der Waals surface area contributed by atoms with Crippen LogP contribution in [0.5, 0.6) is 5.75 Å². The van der Waals surface area contributed by atoms with Gasteiger partial charge >= 0.3 is 0 Å². The molecule has 1 amide bonds. The summed E-state index contributed by atoms with van der Waals surface area (Å²) in [7, 11) is 0. The van der Waals surface area contributed by atoms with Crippen molar-refractivity contribution in [3.63, 3.8) is 0 Å². The van der Waals surface area contributed by atoms with Crippen molar-refractivity contribution < 1.29 is 18.3 Å². The first-order valence-corrected chi connectivity index (χ1v) is 10.2. The van der Waals surface area contributed by atoms with Crippen molar-refractivity contribution in [1.29, 1.82) is 0 Å². The van der Waals surface area contributed by atoms with Crippen molar-refractivity contribution in [1.82, 2.24) is 4.90 Å². The minimum Gasteiger partial charge on any atom is -0.491 e. The molecule has 1 aliphatic heterocycles. The molecule has 0 aromatic heterocycles. The minimum absolute atomic E-state index is 0.000366. The van der Waals surface area contributed by atoms with E-state index in [0.717, 1.165) is 41.6 Å². The van der Waals surface area contributed by atoms with Gasteiger partial charge in [0.15, 0.2) is 0 Å². The molecular formula is C20H22F2IN3O2. The van der Waals surface area contributed by atoms with Crippen molar-refractivity contribution in [2.75, 3.05) is 25.0 Å². The summed E-state index contributed by atoms with van der Waals surface area (Å²) in [5.41, 5.74) is 5.72. The van der Waals surface area contributed by atoms with Gasteiger partial charge in [-0.25, -0.2) is 8.78 Å². The van der Waals surface area contributed by atoms with Gasteiger partial charge in [0.25, 0.3) is 5.91 Å². The van der Waals surface area contributed by atoms with Gasteiger partial charge < -0.3 is 15.8 Å². The highest BCUT2D eigenvalue weighted by Crippen LogP contribution is 2.32. The van der Waals surface area contributed by atoms with Gasteiger partial charge in [0.05, 0.1) is 11.4 Å². The van der Waals surface area contributed by atoms with Crippen LogP contribution in [-0.4, -0.2) is 36.5 Å². The number of nitrogens with one attached hydrogen (secondary N) is 1. The number of hydrogen-bond donors (Lipinski definition) is 2. The largest absolute Gasteiger partial charge is 0.491 e. The van der Waals surface area contributed by atoms with E-state index in [2.05, 4.69) is 17.1 Å². The van der Waals surface area contributed by atoms with Crippen LogP contribution in [0.1, 0.15) is 30.1 Å². The monoisotopic (exact) mass is 501 g/mol. The molecule has 1 atom stereocenters. The van der Waals surface area contributed by atoms with Crippen LogP contribution in [0, 0.1) is 15.2 Å². The number of likely N-dealkylation sites (tertiary alicyclic amines) is 1. The lowest BCUT2D eigenvalue weighted by molar-refractivity contribution is 0.0994. The number of anilines is 2. The molecule has 2 aromatic rings. The molecule has 150 valence electrons. The smallest absolute Gasteiger partial charge is 0.254 e. The van der Waals surface area contributed by atoms with Crippen LogP contribution in [0.3, 0.4) is 0 Å². The normalized spacial score (nSPS) is 16.9. The van der Waals surface area contributed by atoms with Crippen molar-refractivity contribution in [2.45, 2.75) is 25.8 Å². The predicted octanol–water partition coefficient (Wildman–Crippen LogP) is 4.28. The Balaban J connectivity index is 1.89. The van der Waals surface area contributed by atoms with Gasteiger partial charge in [-0.15, -0.1) is 0 Å². The Morgan fingerprint density at radius 1 is 1.32 bits per heavy atom. The van der Waals surface area contributed by atoms with Gasteiger partial charge in [-0.05, 0) is 72.8 Å². The van der Waals surface area contributed by atoms with Crippen molar-refractivity contribution in [3.05, 3.63) is 51.1 Å². The second-order valence-electron chi connectivity index (χ2n) is 6.68. The molecule has 0 radical (unpaired) electrons. The summed E-state index contributed by atoms with van der Waals surface area (Å²) in [6, 6.07) is 7.01. The lowest BCUT2D eigenvalue weighted by Gasteiger charge is -2.23. The number of nitrogens with zero attached hydrogens (tertiary/aromatic N) is 1. The number of hydrogen-bond acceptors (Lipinski definition) is 4. The molecule has 8 heteroatoms. The fraction of sp³-hybridized carbons (Fsp3) is 0.350. The van der Waals surface area contributed by atoms with E-state index in [-0.39, 0.29) is 28.7 Å². The molecule has 28 heavy (non-hydrogen) atoms. The van der Waals surface area contributed by atoms with E-state index in [1.54, 1.807) is 6.07 Å². The molecule has 5 nitrogen and oxygen atoms in total. The number of amides is 1. The highest BCUT2D eigenvalue weighted by atomic mass is 127. The average molecular weight is 501 g/mol. The van der Waals surface area contributed by atoms with Crippen LogP contribution in [-0.2, 0) is 0 Å². The predicted molar refractivity (Wildman–Crippen MR) is 113 cm³/mol. The Hall–Kier alpha value is -1.94. The summed E-state index contributed by atoms with van der Waals surface area (Å²) in [6.07, 6.45) is 2.06. The molecule has 1 aliphatic rings. The first-order valence-electron chi connectivity index (χ1n) is 9.11. The Kier molecular flexibility index (Phi) is 6.71. The van der Waals surface area contributed by atoms with Crippen LogP contribution >= 0.6 is 22.6 Å². The number of rotatable bonds is 7. The summed E-state index contributed by atoms with van der Waals surface area (Å²) >= 11 is 1.99. The van der Waals surface area contributed by atoms with Gasteiger partial charge in [-0.3, -0.25) is 9.69 Å². The number of primary amides is 1. The first kappa shape index (κ1) is 20.8. The summed E-state index contributed by atoms with van der Waals surface area (Å²) in [5.74, 6) is -1.84. The number of carbonyl (C=O) groups excluding carboxylic acids is 1. The zero-order valence-electron chi connectivity index (χ0n) is 15.5. The Bertz CT molecular complexity index is 879. The maximum atomic E-state index is 14.2. The van der Waals surface area contributed by atoms with E-state index < -0.39 is 17.5 Å². The Labute approximate surface area is 176 Å². The van der Waals surface area contributed by atoms with E-state index in [1.807, 2.05) is 22.6 Å². The van der Waals surface area contributed by atoms with E-state index in [4.69, 9.17) is 10.5 Å². The van der Waals surface area contributed by atoms with Crippen LogP contribution in [0.25, 0.3) is 0 Å². The number of ether oxygens (including phenoxy) is 1. The first-order chi connectivity index (χ1) is 13.4. The van der Waals surface area contributed by atoms with Gasteiger partial charge in [0.1, 0.15) is 29.6 Å². The lowest BCUT2D eigenvalue weighted by Crippen LogP contribution is -2.34. The van der Waals surface area contributed by atoms with Crippen LogP contribution < -0.4 is 15.8 Å². The van der Waals surface area contributed by atoms with E-state index in [9.17, 15) is 13.6 Å². The maximum Gasteiger partial charge on any atom is 0.254 e. The van der Waals surface area contributed by atoms with Gasteiger partial charge in [0, 0.05) is 15.7 Å². The number of nitrogens with two attached hydrogens (primary N) is 1. The summed E-state index contributed by atoms with van der Waals surface area (Å²) in [4.78, 5) is 14.4. The van der Waals surface area contributed by atoms with Crippen LogP contribution in [0.2, 0.25) is 0 Å². The molecule has 0 saturated carbocycles. The van der Waals surface area contributed by atoms with Crippen LogP contribution in [0.15, 0.2) is 30.3 Å². The topological polar surface area (TPSA) is 67.6 Å². The highest BCUT2D eigenvalue weighted by Gasteiger charge is 2.25. The minimum atomic E-state index is -0.776. The van der Waals surface area contributed by atoms with E-state index in [1.165, 1.54) is 12.1 Å². The third kappa shape index (κ3) is 4.72. The molecule has 0 bridgehead atoms. The standard InChI is InChI=1S/C20H22F2IN3O2/c1-2-26-7-3-4-14(26)11-28-18-9-12(21)8-17(19(18)20(24)27)25-16-6-5-13(23)10-15(16)22/h5-6,8-10,14,25H,2-4,7,11H2,1H3,(H2,24,27)/t14-/m1/s1. The van der Waals surface area contributed by atoms with Gasteiger partial charge in [0.2, 0.25) is 0 Å². The number of likely N-dealkylation sites (N-methyl/N-ethyl adjacent to an activating group) is 1. The molecular weight excluding hydrogens is 479 g/mol. The summed E-state index contributed by atoms with van der Waals surface area (Å²) in [6.45, 7) is 4.30. The molecule has 3 rings (SSSR count). The summed E-state index contributed by atoms with van der Waals surface area (Å²) < 4.78 is 34.9. The van der Waals surface area contributed by atoms with Gasteiger partial charge in [-0.2, -0.15) is 0 Å². The Morgan fingerprint density at radius 2 is 2.11 bits per heavy atom. The molecule has 1 saturated heterocycles. The second-order valence-corrected chi connectivity index (χ2v) is 7.92. The Morgan fingerprint density at radius 3 is 2.79 bits per heavy atom. The molecule has 1 fully saturated rings. The second kappa shape index (κ2) is 9.04. The molecule has 3 N–H and O–H groups in total. The highest BCUT2D eigenvalue weighted by molar-refractivity contribution is 14.1. The number of halogens is 3. The lowest BCUT2D eigenvalue weighted by atomic mass is 10.1. The maximum absolute atomic E-state index is 14.2. The quantitative estimate of drug-likeness (QED) is 0.557. The fourth-order valence-electron chi connectivity index (χ4n) is 3.47. The third-order valence-corrected chi connectivity index (χ3v) is 5.52. The van der Waals surface area contributed by atoms with Crippen molar-refractivity contribution in [2.24, 2.45) is 5.73 Å². The average Bonchev–Trinajstić information content (AvgIpc) is 3.09. The van der Waals surface area contributed by atoms with Crippen molar-refractivity contribution >= 4 is 39.9 Å². The molecule has 0 aliphatic carbocycles. The molecule has 0 spiro atoms. The van der Waals surface area contributed by atoms with E-state index >= 15 is 0 Å². The number of benzene rings is 2. The molecule has 0 unspecified atom stereocenters. The van der Waals surface area contributed by atoms with Crippen molar-refractivity contribution in [3.8, 4) is 5.75 Å². The molecule has 2 aromatic carbocycles. The van der Waals surface area contributed by atoms with Gasteiger partial charge in [-0.1, -0.05) is 6.92 Å². The SMILES string of the molecule is CCN1CCC[C@@H]1COc1cc(F)cc(Nc2ccc(I)cc2F)c1C(N)=O.